The molecule has 5 nitrogen and oxygen atoms in total. The summed E-state index contributed by atoms with van der Waals surface area (Å²) in [4.78, 5) is 22.7. The predicted octanol–water partition coefficient (Wildman–Crippen LogP) is 2.84. The monoisotopic (exact) mass is 305 g/mol. The van der Waals surface area contributed by atoms with E-state index in [1.54, 1.807) is 0 Å². The summed E-state index contributed by atoms with van der Waals surface area (Å²) in [6, 6.07) is 2.73. The van der Waals surface area contributed by atoms with Gasteiger partial charge in [-0.25, -0.2) is 4.79 Å². The molecule has 0 bridgehead atoms. The van der Waals surface area contributed by atoms with Crippen molar-refractivity contribution in [3.63, 3.8) is 0 Å². The smallest absolute Gasteiger partial charge is 0.339 e. The zero-order chi connectivity index (χ0) is 14.8. The summed E-state index contributed by atoms with van der Waals surface area (Å²) in [6.07, 6.45) is 0. The topological polar surface area (TPSA) is 89.6 Å². The Morgan fingerprint density at radius 1 is 1.37 bits per heavy atom. The molecule has 0 radical (unpaired) electrons. The number of carbonyl (C=O) groups is 2. The molecule has 7 heteroatoms. The van der Waals surface area contributed by atoms with Crippen LogP contribution in [-0.2, 0) is 9.53 Å². The van der Waals surface area contributed by atoms with Crippen molar-refractivity contribution in [2.75, 3.05) is 12.3 Å². The second-order valence-electron chi connectivity index (χ2n) is 4.63. The minimum Gasteiger partial charge on any atom is -0.481 e. The van der Waals surface area contributed by atoms with Crippen LogP contribution in [-0.4, -0.2) is 23.7 Å². The molecule has 0 spiro atoms. The first-order valence-electron chi connectivity index (χ1n) is 5.30. The Hall–Kier alpha value is -1.46. The van der Waals surface area contributed by atoms with Gasteiger partial charge >= 0.3 is 11.9 Å². The summed E-state index contributed by atoms with van der Waals surface area (Å²) in [5, 5.41) is 9.06. The van der Waals surface area contributed by atoms with E-state index in [0.717, 1.165) is 0 Å². The van der Waals surface area contributed by atoms with Crippen molar-refractivity contribution in [3.05, 3.63) is 27.7 Å². The highest BCUT2D eigenvalue weighted by Gasteiger charge is 2.29. The number of ether oxygens (including phenoxy) is 1. The lowest BCUT2D eigenvalue weighted by atomic mass is 9.95. The van der Waals surface area contributed by atoms with E-state index >= 15 is 0 Å². The molecule has 3 N–H and O–H groups in total. The Morgan fingerprint density at radius 3 is 2.47 bits per heavy atom. The molecule has 0 unspecified atom stereocenters. The quantitative estimate of drug-likeness (QED) is 0.659. The van der Waals surface area contributed by atoms with Gasteiger partial charge in [-0.3, -0.25) is 4.79 Å². The minimum absolute atomic E-state index is 0.00727. The van der Waals surface area contributed by atoms with Crippen molar-refractivity contribution in [1.82, 2.24) is 0 Å². The first-order chi connectivity index (χ1) is 8.65. The number of hydrogen-bond acceptors (Lipinski definition) is 4. The highest BCUT2D eigenvalue weighted by molar-refractivity contribution is 6.44. The van der Waals surface area contributed by atoms with Crippen LogP contribution in [0.15, 0.2) is 12.1 Å². The maximum atomic E-state index is 11.8. The Morgan fingerprint density at radius 2 is 1.95 bits per heavy atom. The molecular formula is C12H13Cl2NO4. The largest absolute Gasteiger partial charge is 0.481 e. The molecule has 0 atom stereocenters. The SMILES string of the molecule is CC(C)(COC(=O)c1cc(N)cc(Cl)c1Cl)C(=O)O. The first-order valence-corrected chi connectivity index (χ1v) is 6.06. The third-order valence-corrected chi connectivity index (χ3v) is 3.22. The number of rotatable bonds is 4. The number of carboxylic acids is 1. The molecule has 0 heterocycles. The van der Waals surface area contributed by atoms with E-state index in [-0.39, 0.29) is 27.9 Å². The zero-order valence-electron chi connectivity index (χ0n) is 10.4. The molecule has 1 aromatic rings. The highest BCUT2D eigenvalue weighted by Crippen LogP contribution is 2.29. The van der Waals surface area contributed by atoms with Crippen molar-refractivity contribution >= 4 is 40.8 Å². The van der Waals surface area contributed by atoms with Crippen molar-refractivity contribution in [1.29, 1.82) is 0 Å². The second-order valence-corrected chi connectivity index (χ2v) is 5.41. The number of esters is 1. The molecule has 0 fully saturated rings. The number of nitrogens with two attached hydrogens (primary N) is 1. The molecule has 0 aliphatic carbocycles. The maximum absolute atomic E-state index is 11.8. The van der Waals surface area contributed by atoms with E-state index in [4.69, 9.17) is 38.8 Å². The molecule has 0 aromatic heterocycles. The summed E-state index contributed by atoms with van der Waals surface area (Å²) in [6.45, 7) is 2.59. The number of anilines is 1. The summed E-state index contributed by atoms with van der Waals surface area (Å²) in [5.41, 5.74) is 4.63. The van der Waals surface area contributed by atoms with Crippen molar-refractivity contribution in [2.24, 2.45) is 5.41 Å². The Bertz CT molecular complexity index is 529. The van der Waals surface area contributed by atoms with E-state index in [0.29, 0.717) is 0 Å². The summed E-state index contributed by atoms with van der Waals surface area (Å²) >= 11 is 11.7. The molecule has 0 saturated carbocycles. The van der Waals surface area contributed by atoms with Crippen LogP contribution >= 0.6 is 23.2 Å². The number of carbonyl (C=O) groups excluding carboxylic acids is 1. The summed E-state index contributed by atoms with van der Waals surface area (Å²) in [5.74, 6) is -1.84. The van der Waals surface area contributed by atoms with Crippen LogP contribution in [0.5, 0.6) is 0 Å². The van der Waals surface area contributed by atoms with Gasteiger partial charge in [0, 0.05) is 5.69 Å². The van der Waals surface area contributed by atoms with Crippen LogP contribution in [0.2, 0.25) is 10.0 Å². The van der Waals surface area contributed by atoms with E-state index < -0.39 is 17.4 Å². The van der Waals surface area contributed by atoms with Gasteiger partial charge in [0.15, 0.2) is 0 Å². The fraction of sp³-hybridized carbons (Fsp3) is 0.333. The van der Waals surface area contributed by atoms with E-state index in [1.807, 2.05) is 0 Å². The van der Waals surface area contributed by atoms with Crippen molar-refractivity contribution in [3.8, 4) is 0 Å². The van der Waals surface area contributed by atoms with Crippen LogP contribution < -0.4 is 5.73 Å². The van der Waals surface area contributed by atoms with Gasteiger partial charge in [-0.2, -0.15) is 0 Å². The average Bonchev–Trinajstić information content (AvgIpc) is 2.30. The first kappa shape index (κ1) is 15.6. The van der Waals surface area contributed by atoms with E-state index in [9.17, 15) is 9.59 Å². The average molecular weight is 306 g/mol. The van der Waals surface area contributed by atoms with Gasteiger partial charge in [0.2, 0.25) is 0 Å². The lowest BCUT2D eigenvalue weighted by Crippen LogP contribution is -2.30. The van der Waals surface area contributed by atoms with Crippen molar-refractivity contribution in [2.45, 2.75) is 13.8 Å². The van der Waals surface area contributed by atoms with Gasteiger partial charge in [-0.05, 0) is 26.0 Å². The fourth-order valence-corrected chi connectivity index (χ4v) is 1.56. The number of benzene rings is 1. The standard InChI is InChI=1S/C12H13Cl2NO4/c1-12(2,11(17)18)5-19-10(16)7-3-6(15)4-8(13)9(7)14/h3-4H,5,15H2,1-2H3,(H,17,18). The van der Waals surface area contributed by atoms with Gasteiger partial charge < -0.3 is 15.6 Å². The number of nitrogen functional groups attached to an aromatic ring is 1. The van der Waals surface area contributed by atoms with Gasteiger partial charge in [0.05, 0.1) is 21.0 Å². The summed E-state index contributed by atoms with van der Waals surface area (Å²) < 4.78 is 4.93. The molecule has 0 aliphatic heterocycles. The fourth-order valence-electron chi connectivity index (χ4n) is 1.14. The molecular weight excluding hydrogens is 293 g/mol. The van der Waals surface area contributed by atoms with Gasteiger partial charge in [0.1, 0.15) is 6.61 Å². The van der Waals surface area contributed by atoms with E-state index in [1.165, 1.54) is 26.0 Å². The molecule has 19 heavy (non-hydrogen) atoms. The lowest BCUT2D eigenvalue weighted by molar-refractivity contribution is -0.149. The Kier molecular flexibility index (Phi) is 4.66. The van der Waals surface area contributed by atoms with Crippen LogP contribution in [0.25, 0.3) is 0 Å². The molecule has 1 rings (SSSR count). The van der Waals surface area contributed by atoms with E-state index in [2.05, 4.69) is 0 Å². The van der Waals surface area contributed by atoms with Gasteiger partial charge in [0.25, 0.3) is 0 Å². The van der Waals surface area contributed by atoms with Gasteiger partial charge in [-0.1, -0.05) is 23.2 Å². The number of aliphatic carboxylic acids is 1. The zero-order valence-corrected chi connectivity index (χ0v) is 11.9. The van der Waals surface area contributed by atoms with Crippen LogP contribution in [0.3, 0.4) is 0 Å². The number of halogens is 2. The second kappa shape index (κ2) is 5.67. The highest BCUT2D eigenvalue weighted by atomic mass is 35.5. The molecule has 1 aromatic carbocycles. The normalized spacial score (nSPS) is 11.2. The van der Waals surface area contributed by atoms with Crippen molar-refractivity contribution < 1.29 is 19.4 Å². The molecule has 0 saturated heterocycles. The van der Waals surface area contributed by atoms with Crippen LogP contribution in [0.4, 0.5) is 5.69 Å². The third-order valence-electron chi connectivity index (χ3n) is 2.41. The molecule has 104 valence electrons. The molecule has 0 aliphatic rings. The third kappa shape index (κ3) is 3.75. The summed E-state index contributed by atoms with van der Waals surface area (Å²) in [7, 11) is 0. The lowest BCUT2D eigenvalue weighted by Gasteiger charge is -2.19. The predicted molar refractivity (Wildman–Crippen MR) is 72.6 cm³/mol. The maximum Gasteiger partial charge on any atom is 0.339 e. The number of hydrogen-bond donors (Lipinski definition) is 2. The minimum atomic E-state index is -1.19. The van der Waals surface area contributed by atoms with Crippen LogP contribution in [0, 0.1) is 5.41 Å². The Labute approximate surface area is 120 Å². The van der Waals surface area contributed by atoms with Gasteiger partial charge in [-0.15, -0.1) is 0 Å². The Balaban J connectivity index is 2.88. The van der Waals surface area contributed by atoms with Crippen LogP contribution in [0.1, 0.15) is 24.2 Å². The number of carboxylic acid groups (broad SMARTS) is 1. The molecule has 0 amide bonds.